The number of nitrogens with two attached hydrogens (primary N) is 1. The van der Waals surface area contributed by atoms with Gasteiger partial charge in [0.1, 0.15) is 0 Å². The standard InChI is InChI=1S/C24H23N7O/c25-21-3-1-2-4-22(21)27-24(32)14-11-17-5-7-19(8-6-17)16-26-20-12-9-18(10-13-20)15-23-28-30-31-29-23/h1-14,26H,15-16,25H2,(H,27,32)(H,28,29,30,31)/b14-11-. The van der Waals surface area contributed by atoms with Crippen molar-refractivity contribution in [2.24, 2.45) is 0 Å². The number of aromatic amines is 1. The number of hydrogen-bond acceptors (Lipinski definition) is 6. The molecule has 0 spiro atoms. The number of nitrogen functional groups attached to an aromatic ring is 1. The number of H-pyrrole nitrogens is 1. The Bertz CT molecular complexity index is 1180. The highest BCUT2D eigenvalue weighted by molar-refractivity contribution is 6.03. The van der Waals surface area contributed by atoms with Crippen molar-refractivity contribution < 1.29 is 4.79 Å². The third-order valence-electron chi connectivity index (χ3n) is 4.84. The quantitative estimate of drug-likeness (QED) is 0.253. The summed E-state index contributed by atoms with van der Waals surface area (Å²) in [4.78, 5) is 12.1. The summed E-state index contributed by atoms with van der Waals surface area (Å²) in [6, 6.07) is 23.4. The maximum Gasteiger partial charge on any atom is 0.248 e. The lowest BCUT2D eigenvalue weighted by Crippen LogP contribution is -2.09. The number of tetrazole rings is 1. The summed E-state index contributed by atoms with van der Waals surface area (Å²) in [7, 11) is 0. The Morgan fingerprint density at radius 1 is 0.969 bits per heavy atom. The van der Waals surface area contributed by atoms with Crippen LogP contribution < -0.4 is 16.4 Å². The summed E-state index contributed by atoms with van der Waals surface area (Å²) < 4.78 is 0. The van der Waals surface area contributed by atoms with Crippen molar-refractivity contribution in [3.63, 3.8) is 0 Å². The van der Waals surface area contributed by atoms with Gasteiger partial charge in [0.15, 0.2) is 5.82 Å². The van der Waals surface area contributed by atoms with Crippen molar-refractivity contribution in [2.75, 3.05) is 16.4 Å². The molecule has 0 fully saturated rings. The highest BCUT2D eigenvalue weighted by Gasteiger charge is 2.02. The third-order valence-corrected chi connectivity index (χ3v) is 4.84. The van der Waals surface area contributed by atoms with Crippen molar-refractivity contribution in [2.45, 2.75) is 13.0 Å². The SMILES string of the molecule is Nc1ccccc1NC(=O)/C=C\c1ccc(CNc2ccc(Cc3nnn[nH]3)cc2)cc1. The van der Waals surface area contributed by atoms with E-state index in [-0.39, 0.29) is 5.91 Å². The first-order chi connectivity index (χ1) is 15.7. The second-order valence-electron chi connectivity index (χ2n) is 7.23. The molecule has 0 aliphatic heterocycles. The first-order valence-corrected chi connectivity index (χ1v) is 10.1. The molecule has 0 unspecified atom stereocenters. The lowest BCUT2D eigenvalue weighted by molar-refractivity contribution is -0.111. The van der Waals surface area contributed by atoms with E-state index < -0.39 is 0 Å². The van der Waals surface area contributed by atoms with E-state index >= 15 is 0 Å². The van der Waals surface area contributed by atoms with E-state index in [2.05, 4.69) is 31.3 Å². The second-order valence-corrected chi connectivity index (χ2v) is 7.23. The summed E-state index contributed by atoms with van der Waals surface area (Å²) in [6.45, 7) is 0.698. The Labute approximate surface area is 185 Å². The molecule has 0 aliphatic rings. The van der Waals surface area contributed by atoms with E-state index in [0.717, 1.165) is 28.2 Å². The average molecular weight is 425 g/mol. The van der Waals surface area contributed by atoms with Crippen LogP contribution in [0.2, 0.25) is 0 Å². The maximum absolute atomic E-state index is 12.1. The molecule has 4 rings (SSSR count). The fourth-order valence-corrected chi connectivity index (χ4v) is 3.10. The molecule has 1 aromatic heterocycles. The molecule has 1 heterocycles. The van der Waals surface area contributed by atoms with Crippen LogP contribution in [0, 0.1) is 0 Å². The zero-order valence-corrected chi connectivity index (χ0v) is 17.3. The van der Waals surface area contributed by atoms with Crippen molar-refractivity contribution in [3.05, 3.63) is 101 Å². The minimum Gasteiger partial charge on any atom is -0.397 e. The zero-order chi connectivity index (χ0) is 22.2. The van der Waals surface area contributed by atoms with Gasteiger partial charge in [-0.1, -0.05) is 48.5 Å². The van der Waals surface area contributed by atoms with E-state index in [1.807, 2.05) is 60.7 Å². The number of carbonyl (C=O) groups excluding carboxylic acids is 1. The third kappa shape index (κ3) is 5.79. The van der Waals surface area contributed by atoms with Crippen LogP contribution in [0.5, 0.6) is 0 Å². The molecule has 8 nitrogen and oxygen atoms in total. The number of nitrogens with zero attached hydrogens (tertiary/aromatic N) is 3. The Kier molecular flexibility index (Phi) is 6.52. The molecule has 160 valence electrons. The molecule has 1 amide bonds. The number of aromatic nitrogens is 4. The van der Waals surface area contributed by atoms with Crippen molar-refractivity contribution in [1.82, 2.24) is 20.6 Å². The topological polar surface area (TPSA) is 122 Å². The number of anilines is 3. The van der Waals surface area contributed by atoms with Crippen molar-refractivity contribution in [3.8, 4) is 0 Å². The Balaban J connectivity index is 1.27. The minimum atomic E-state index is -0.225. The molecule has 0 aliphatic carbocycles. The number of carbonyl (C=O) groups is 1. The second kappa shape index (κ2) is 10.0. The smallest absolute Gasteiger partial charge is 0.248 e. The summed E-state index contributed by atoms with van der Waals surface area (Å²) in [5, 5.41) is 20.0. The fraction of sp³-hybridized carbons (Fsp3) is 0.0833. The van der Waals surface area contributed by atoms with Crippen LogP contribution in [-0.4, -0.2) is 26.5 Å². The summed E-state index contributed by atoms with van der Waals surface area (Å²) in [6.07, 6.45) is 3.93. The highest BCUT2D eigenvalue weighted by atomic mass is 16.1. The first-order valence-electron chi connectivity index (χ1n) is 10.1. The average Bonchev–Trinajstić information content (AvgIpc) is 3.33. The van der Waals surface area contributed by atoms with Gasteiger partial charge in [0, 0.05) is 24.7 Å². The van der Waals surface area contributed by atoms with Crippen LogP contribution >= 0.6 is 0 Å². The fourth-order valence-electron chi connectivity index (χ4n) is 3.10. The van der Waals surface area contributed by atoms with Gasteiger partial charge in [-0.25, -0.2) is 5.10 Å². The van der Waals surface area contributed by atoms with E-state index in [0.29, 0.717) is 24.3 Å². The summed E-state index contributed by atoms with van der Waals surface area (Å²) in [5.74, 6) is 0.512. The summed E-state index contributed by atoms with van der Waals surface area (Å²) >= 11 is 0. The molecule has 5 N–H and O–H groups in total. The van der Waals surface area contributed by atoms with Gasteiger partial charge in [0.2, 0.25) is 5.91 Å². The largest absolute Gasteiger partial charge is 0.397 e. The minimum absolute atomic E-state index is 0.225. The van der Waals surface area contributed by atoms with Crippen LogP contribution in [0.1, 0.15) is 22.5 Å². The molecule has 0 bridgehead atoms. The van der Waals surface area contributed by atoms with Gasteiger partial charge >= 0.3 is 0 Å². The first kappa shape index (κ1) is 20.8. The van der Waals surface area contributed by atoms with Gasteiger partial charge in [0.25, 0.3) is 0 Å². The number of amides is 1. The van der Waals surface area contributed by atoms with Crippen molar-refractivity contribution >= 4 is 29.0 Å². The lowest BCUT2D eigenvalue weighted by atomic mass is 10.1. The molecular formula is C24H23N7O. The van der Waals surface area contributed by atoms with E-state index in [1.165, 1.54) is 6.08 Å². The predicted molar refractivity (Wildman–Crippen MR) is 126 cm³/mol. The van der Waals surface area contributed by atoms with Crippen LogP contribution in [-0.2, 0) is 17.8 Å². The molecule has 0 radical (unpaired) electrons. The zero-order valence-electron chi connectivity index (χ0n) is 17.3. The van der Waals surface area contributed by atoms with Gasteiger partial charge in [-0.2, -0.15) is 0 Å². The van der Waals surface area contributed by atoms with E-state index in [9.17, 15) is 4.79 Å². The van der Waals surface area contributed by atoms with Crippen LogP contribution in [0.3, 0.4) is 0 Å². The molecule has 0 saturated heterocycles. The maximum atomic E-state index is 12.1. The number of nitrogens with one attached hydrogen (secondary N) is 3. The van der Waals surface area contributed by atoms with Crippen LogP contribution in [0.25, 0.3) is 6.08 Å². The summed E-state index contributed by atoms with van der Waals surface area (Å²) in [5.41, 5.74) is 11.2. The van der Waals surface area contributed by atoms with Crippen LogP contribution in [0.4, 0.5) is 17.1 Å². The van der Waals surface area contributed by atoms with Gasteiger partial charge in [-0.3, -0.25) is 4.79 Å². The Morgan fingerprint density at radius 2 is 1.72 bits per heavy atom. The molecular weight excluding hydrogens is 402 g/mol. The number of benzene rings is 3. The Hall–Kier alpha value is -4.46. The number of hydrogen-bond donors (Lipinski definition) is 4. The van der Waals surface area contributed by atoms with E-state index in [1.54, 1.807) is 18.2 Å². The van der Waals surface area contributed by atoms with Gasteiger partial charge < -0.3 is 16.4 Å². The van der Waals surface area contributed by atoms with Gasteiger partial charge in [-0.15, -0.1) is 5.10 Å². The molecule has 0 saturated carbocycles. The lowest BCUT2D eigenvalue weighted by Gasteiger charge is -2.08. The molecule has 0 atom stereocenters. The molecule has 8 heteroatoms. The highest BCUT2D eigenvalue weighted by Crippen LogP contribution is 2.17. The van der Waals surface area contributed by atoms with Crippen LogP contribution in [0.15, 0.2) is 78.9 Å². The molecule has 32 heavy (non-hydrogen) atoms. The molecule has 3 aromatic carbocycles. The Morgan fingerprint density at radius 3 is 2.44 bits per heavy atom. The van der Waals surface area contributed by atoms with E-state index in [4.69, 9.17) is 5.73 Å². The van der Waals surface area contributed by atoms with Gasteiger partial charge in [0.05, 0.1) is 11.4 Å². The number of rotatable bonds is 8. The molecule has 4 aromatic rings. The van der Waals surface area contributed by atoms with Gasteiger partial charge in [-0.05, 0) is 57.5 Å². The predicted octanol–water partition coefficient (Wildman–Crippen LogP) is 3.64. The van der Waals surface area contributed by atoms with Crippen molar-refractivity contribution in [1.29, 1.82) is 0 Å². The number of para-hydroxylation sites is 2. The normalized spacial score (nSPS) is 10.9. The monoisotopic (exact) mass is 425 g/mol.